The van der Waals surface area contributed by atoms with Crippen LogP contribution in [0.4, 0.5) is 4.79 Å². The molecule has 0 saturated carbocycles. The van der Waals surface area contributed by atoms with Crippen LogP contribution >= 0.6 is 0 Å². The van der Waals surface area contributed by atoms with E-state index in [1.165, 1.54) is 33.4 Å². The van der Waals surface area contributed by atoms with Gasteiger partial charge in [-0.15, -0.1) is 0 Å². The second-order valence-electron chi connectivity index (χ2n) is 7.59. The lowest BCUT2D eigenvalue weighted by Gasteiger charge is -2.24. The molecule has 0 aliphatic carbocycles. The van der Waals surface area contributed by atoms with Gasteiger partial charge in [-0.25, -0.2) is 9.59 Å². The molecule has 2 rings (SSSR count). The van der Waals surface area contributed by atoms with Gasteiger partial charge in [0.25, 0.3) is 11.8 Å². The zero-order valence-corrected chi connectivity index (χ0v) is 19.7. The topological polar surface area (TPSA) is 132 Å². The average Bonchev–Trinajstić information content (AvgIpc) is 2.85. The van der Waals surface area contributed by atoms with E-state index >= 15 is 0 Å². The van der Waals surface area contributed by atoms with E-state index in [-0.39, 0.29) is 11.5 Å². The summed E-state index contributed by atoms with van der Waals surface area (Å²) >= 11 is 0. The summed E-state index contributed by atoms with van der Waals surface area (Å²) in [4.78, 5) is 50.3. The predicted octanol–water partition coefficient (Wildman–Crippen LogP) is 2.20. The van der Waals surface area contributed by atoms with Crippen molar-refractivity contribution in [2.45, 2.75) is 26.0 Å². The molecule has 0 bridgehead atoms. The molecule has 0 heterocycles. The van der Waals surface area contributed by atoms with Gasteiger partial charge in [0, 0.05) is 24.2 Å². The number of ether oxygens (including phenoxy) is 3. The van der Waals surface area contributed by atoms with Crippen molar-refractivity contribution < 1.29 is 33.4 Å². The Kier molecular flexibility index (Phi) is 9.42. The number of benzene rings is 2. The Morgan fingerprint density at radius 2 is 1.47 bits per heavy atom. The van der Waals surface area contributed by atoms with Crippen LogP contribution < -0.4 is 25.4 Å². The molecule has 0 fully saturated rings. The molecule has 34 heavy (non-hydrogen) atoms. The van der Waals surface area contributed by atoms with E-state index < -0.39 is 36.0 Å². The summed E-state index contributed by atoms with van der Waals surface area (Å²) in [6, 6.07) is 11.0. The third kappa shape index (κ3) is 6.96. The first-order chi connectivity index (χ1) is 16.2. The van der Waals surface area contributed by atoms with Crippen molar-refractivity contribution in [2.24, 2.45) is 5.92 Å². The van der Waals surface area contributed by atoms with Crippen LogP contribution in [0.1, 0.15) is 35.9 Å². The Hall–Kier alpha value is -4.08. The third-order valence-corrected chi connectivity index (χ3v) is 4.86. The average molecular weight is 472 g/mol. The minimum absolute atomic E-state index is 0.214. The van der Waals surface area contributed by atoms with Gasteiger partial charge < -0.3 is 24.8 Å². The van der Waals surface area contributed by atoms with Crippen molar-refractivity contribution in [1.29, 1.82) is 0 Å². The molecule has 10 nitrogen and oxygen atoms in total. The fourth-order valence-electron chi connectivity index (χ4n) is 2.99. The summed E-state index contributed by atoms with van der Waals surface area (Å²) in [7, 11) is 4.26. The van der Waals surface area contributed by atoms with Crippen LogP contribution in [0.25, 0.3) is 0 Å². The van der Waals surface area contributed by atoms with Gasteiger partial charge in [-0.2, -0.15) is 0 Å². The van der Waals surface area contributed by atoms with E-state index in [0.29, 0.717) is 17.1 Å². The van der Waals surface area contributed by atoms with Crippen molar-refractivity contribution in [3.05, 3.63) is 59.7 Å². The Labute approximate surface area is 198 Å². The highest BCUT2D eigenvalue weighted by atomic mass is 16.5. The van der Waals surface area contributed by atoms with Crippen molar-refractivity contribution in [1.82, 2.24) is 16.0 Å². The number of hydrogen-bond donors (Lipinski definition) is 3. The number of carbonyl (C=O) groups is 4. The molecular formula is C24H29N3O7. The summed E-state index contributed by atoms with van der Waals surface area (Å²) in [5, 5.41) is 7.03. The molecule has 0 aliphatic heterocycles. The van der Waals surface area contributed by atoms with Crippen LogP contribution in [0.2, 0.25) is 0 Å². The Balaban J connectivity index is 2.27. The zero-order valence-electron chi connectivity index (χ0n) is 19.7. The van der Waals surface area contributed by atoms with Gasteiger partial charge in [0.2, 0.25) is 6.10 Å². The third-order valence-electron chi connectivity index (χ3n) is 4.86. The molecule has 0 aromatic heterocycles. The quantitative estimate of drug-likeness (QED) is 0.478. The number of carbonyl (C=O) groups excluding carboxylic acids is 4. The SMILES string of the molecule is CNC(=O)NC(=O)C(OC(=O)[C@@H](NC(=O)c1cc(OC)cc(OC)c1)C(C)C)c1ccccc1. The normalized spacial score (nSPS) is 12.2. The van der Waals surface area contributed by atoms with E-state index in [4.69, 9.17) is 14.2 Å². The van der Waals surface area contributed by atoms with Crippen molar-refractivity contribution in [2.75, 3.05) is 21.3 Å². The summed E-state index contributed by atoms with van der Waals surface area (Å²) in [6.45, 7) is 3.45. The first kappa shape index (κ1) is 26.2. The minimum atomic E-state index is -1.40. The number of methoxy groups -OCH3 is 2. The Morgan fingerprint density at radius 1 is 0.882 bits per heavy atom. The van der Waals surface area contributed by atoms with Crippen LogP contribution in [-0.2, 0) is 14.3 Å². The first-order valence-electron chi connectivity index (χ1n) is 10.5. The molecule has 2 atom stereocenters. The Morgan fingerprint density at radius 3 is 1.97 bits per heavy atom. The fraction of sp³-hybridized carbons (Fsp3) is 0.333. The molecular weight excluding hydrogens is 442 g/mol. The predicted molar refractivity (Wildman–Crippen MR) is 124 cm³/mol. The lowest BCUT2D eigenvalue weighted by atomic mass is 10.0. The molecule has 0 spiro atoms. The second-order valence-corrected chi connectivity index (χ2v) is 7.59. The van der Waals surface area contributed by atoms with Crippen LogP contribution in [0, 0.1) is 5.92 Å². The zero-order chi connectivity index (χ0) is 25.3. The van der Waals surface area contributed by atoms with Crippen molar-refractivity contribution in [3.63, 3.8) is 0 Å². The largest absolute Gasteiger partial charge is 0.497 e. The van der Waals surface area contributed by atoms with Gasteiger partial charge in [0.15, 0.2) is 0 Å². The van der Waals surface area contributed by atoms with Gasteiger partial charge in [0.1, 0.15) is 17.5 Å². The number of rotatable bonds is 9. The van der Waals surface area contributed by atoms with Gasteiger partial charge in [-0.05, 0) is 18.1 Å². The number of hydrogen-bond acceptors (Lipinski definition) is 7. The maximum Gasteiger partial charge on any atom is 0.330 e. The lowest BCUT2D eigenvalue weighted by molar-refractivity contribution is -0.159. The maximum absolute atomic E-state index is 13.1. The minimum Gasteiger partial charge on any atom is -0.497 e. The smallest absolute Gasteiger partial charge is 0.330 e. The molecule has 1 unspecified atom stereocenters. The van der Waals surface area contributed by atoms with Crippen molar-refractivity contribution in [3.8, 4) is 11.5 Å². The van der Waals surface area contributed by atoms with Crippen molar-refractivity contribution >= 4 is 23.8 Å². The van der Waals surface area contributed by atoms with Gasteiger partial charge >= 0.3 is 12.0 Å². The fourth-order valence-corrected chi connectivity index (χ4v) is 2.99. The highest BCUT2D eigenvalue weighted by Crippen LogP contribution is 2.23. The first-order valence-corrected chi connectivity index (χ1v) is 10.5. The number of amides is 4. The summed E-state index contributed by atoms with van der Waals surface area (Å²) in [6.07, 6.45) is -1.40. The Bertz CT molecular complexity index is 1000. The van der Waals surface area contributed by atoms with Gasteiger partial charge in [0.05, 0.1) is 14.2 Å². The van der Waals surface area contributed by atoms with Gasteiger partial charge in [-0.1, -0.05) is 44.2 Å². The molecule has 0 aliphatic rings. The molecule has 10 heteroatoms. The van der Waals surface area contributed by atoms with Crippen LogP contribution in [0.5, 0.6) is 11.5 Å². The molecule has 4 amide bonds. The lowest BCUT2D eigenvalue weighted by Crippen LogP contribution is -2.47. The van der Waals surface area contributed by atoms with E-state index in [1.54, 1.807) is 50.2 Å². The molecule has 0 radical (unpaired) electrons. The molecule has 2 aromatic rings. The summed E-state index contributed by atoms with van der Waals surface area (Å²) < 4.78 is 15.9. The van der Waals surface area contributed by atoms with E-state index in [2.05, 4.69) is 16.0 Å². The van der Waals surface area contributed by atoms with E-state index in [0.717, 1.165) is 0 Å². The number of nitrogens with one attached hydrogen (secondary N) is 3. The highest BCUT2D eigenvalue weighted by molar-refractivity contribution is 5.99. The van der Waals surface area contributed by atoms with Crippen LogP contribution in [0.15, 0.2) is 48.5 Å². The van der Waals surface area contributed by atoms with Crippen LogP contribution in [0.3, 0.4) is 0 Å². The van der Waals surface area contributed by atoms with E-state index in [9.17, 15) is 19.2 Å². The monoisotopic (exact) mass is 471 g/mol. The number of imide groups is 1. The van der Waals surface area contributed by atoms with Crippen LogP contribution in [-0.4, -0.2) is 51.1 Å². The summed E-state index contributed by atoms with van der Waals surface area (Å²) in [5.41, 5.74) is 0.579. The molecule has 3 N–H and O–H groups in total. The van der Waals surface area contributed by atoms with E-state index in [1.807, 2.05) is 0 Å². The summed E-state index contributed by atoms with van der Waals surface area (Å²) in [5.74, 6) is -1.78. The molecule has 182 valence electrons. The maximum atomic E-state index is 13.1. The second kappa shape index (κ2) is 12.2. The highest BCUT2D eigenvalue weighted by Gasteiger charge is 2.32. The van der Waals surface area contributed by atoms with Gasteiger partial charge in [-0.3, -0.25) is 14.9 Å². The molecule has 2 aromatic carbocycles. The molecule has 0 saturated heterocycles. The number of esters is 1. The number of urea groups is 1. The standard InChI is InChI=1S/C24H29N3O7/c1-14(2)19(26-21(28)16-11-17(32-4)13-18(12-16)33-5)23(30)34-20(15-9-7-6-8-10-15)22(29)27-24(31)25-3/h6-14,19-20H,1-5H3,(H,26,28)(H2,25,27,29,31)/t19-,20?/m0/s1.